The molecule has 7 atom stereocenters. The van der Waals surface area contributed by atoms with Crippen molar-refractivity contribution in [2.75, 3.05) is 26.8 Å². The fraction of sp³-hybridized carbons (Fsp3) is 0.550. The maximum absolute atomic E-state index is 15.3. The average molecular weight is 784 g/mol. The second-order valence-corrected chi connectivity index (χ2v) is 15.6. The van der Waals surface area contributed by atoms with Crippen LogP contribution in [0.2, 0.25) is 0 Å². The third kappa shape index (κ3) is 7.21. The van der Waals surface area contributed by atoms with E-state index in [1.807, 2.05) is 30.3 Å². The first-order valence-electron chi connectivity index (χ1n) is 19.0. The molecule has 7 unspecified atom stereocenters. The topological polar surface area (TPSA) is 153 Å². The van der Waals surface area contributed by atoms with E-state index in [9.17, 15) is 32.7 Å². The lowest BCUT2D eigenvalue weighted by Crippen LogP contribution is -2.70. The molecule has 3 aliphatic heterocycles. The number of carbonyl (C=O) groups excluding carboxylic acids is 4. The van der Waals surface area contributed by atoms with E-state index in [0.29, 0.717) is 11.1 Å². The van der Waals surface area contributed by atoms with E-state index in [2.05, 4.69) is 10.1 Å². The molecule has 56 heavy (non-hydrogen) atoms. The van der Waals surface area contributed by atoms with Crippen molar-refractivity contribution >= 4 is 29.8 Å². The van der Waals surface area contributed by atoms with Crippen molar-refractivity contribution in [2.45, 2.75) is 93.5 Å². The van der Waals surface area contributed by atoms with Crippen LogP contribution in [-0.2, 0) is 55.9 Å². The van der Waals surface area contributed by atoms with E-state index in [1.165, 1.54) is 16.0 Å². The van der Waals surface area contributed by atoms with Crippen molar-refractivity contribution in [1.82, 2.24) is 15.3 Å². The number of ether oxygens (including phenoxy) is 4. The van der Waals surface area contributed by atoms with Gasteiger partial charge in [0, 0.05) is 44.3 Å². The minimum absolute atomic E-state index is 0.0100. The van der Waals surface area contributed by atoms with Crippen molar-refractivity contribution in [3.63, 3.8) is 0 Å². The van der Waals surface area contributed by atoms with Crippen molar-refractivity contribution in [1.29, 1.82) is 0 Å². The van der Waals surface area contributed by atoms with E-state index >= 15 is 4.79 Å². The number of hydrogen-bond donors (Lipinski definition) is 2. The largest absolute Gasteiger partial charge is 0.458 e. The standard InChI is InChI=1S/C40H44F3N3O10/c1-45(28(35(49)44-17-18-47)19-24-5-3-2-4-6-24)37(51)38-20-29-31-32(55-40(54-31,26-12-13-26)27-14-15-27)34(38)56-46(33(38)36(50)53-29)21-25-9-7-23(8-10-25)11-16-30(48)52-22-39(41,42)43/h2-11,16,26-29,31-34,47H,12-15,17-22H2,1H3,(H,44,49). The number of fused-ring (bicyclic) bond motifs is 4. The van der Waals surface area contributed by atoms with Gasteiger partial charge < -0.3 is 34.3 Å². The van der Waals surface area contributed by atoms with Gasteiger partial charge in [0.2, 0.25) is 11.8 Å². The Morgan fingerprint density at radius 1 is 1.02 bits per heavy atom. The minimum atomic E-state index is -4.64. The molecule has 300 valence electrons. The smallest absolute Gasteiger partial charge is 0.422 e. The fourth-order valence-corrected chi connectivity index (χ4v) is 8.94. The third-order valence-corrected chi connectivity index (χ3v) is 11.8. The van der Waals surface area contributed by atoms with Crippen molar-refractivity contribution < 1.29 is 61.2 Å². The van der Waals surface area contributed by atoms with Crippen LogP contribution in [0.3, 0.4) is 0 Å². The molecule has 2 bridgehead atoms. The number of benzene rings is 2. The van der Waals surface area contributed by atoms with Gasteiger partial charge in [-0.25, -0.2) is 4.79 Å². The highest BCUT2D eigenvalue weighted by Crippen LogP contribution is 2.64. The highest BCUT2D eigenvalue weighted by atomic mass is 19.4. The number of amides is 2. The zero-order chi connectivity index (χ0) is 39.4. The maximum atomic E-state index is 15.3. The first-order valence-corrected chi connectivity index (χ1v) is 19.0. The second-order valence-electron chi connectivity index (χ2n) is 15.6. The van der Waals surface area contributed by atoms with Crippen LogP contribution in [0.1, 0.15) is 48.8 Å². The molecule has 3 aliphatic carbocycles. The Balaban J connectivity index is 1.10. The van der Waals surface area contributed by atoms with Gasteiger partial charge in [0.15, 0.2) is 18.4 Å². The molecule has 16 heteroatoms. The number of halogens is 3. The molecular weight excluding hydrogens is 739 g/mol. The number of esters is 2. The van der Waals surface area contributed by atoms with Crippen LogP contribution in [0.4, 0.5) is 13.2 Å². The monoisotopic (exact) mass is 783 g/mol. The van der Waals surface area contributed by atoms with Gasteiger partial charge in [0.05, 0.1) is 13.2 Å². The van der Waals surface area contributed by atoms with E-state index < -0.39 is 84.2 Å². The molecule has 6 aliphatic rings. The summed E-state index contributed by atoms with van der Waals surface area (Å²) in [5.74, 6) is -3.24. The normalized spacial score (nSPS) is 29.7. The van der Waals surface area contributed by atoms with E-state index in [1.54, 1.807) is 31.3 Å². The lowest BCUT2D eigenvalue weighted by Gasteiger charge is -2.50. The van der Waals surface area contributed by atoms with Crippen LogP contribution in [0.5, 0.6) is 0 Å². The number of likely N-dealkylation sites (N-methyl/N-ethyl adjacent to an activating group) is 1. The Morgan fingerprint density at radius 2 is 1.70 bits per heavy atom. The zero-order valence-corrected chi connectivity index (χ0v) is 30.7. The molecule has 0 aromatic heterocycles. The van der Waals surface area contributed by atoms with Crippen LogP contribution < -0.4 is 5.32 Å². The Labute approximate surface area is 321 Å². The van der Waals surface area contributed by atoms with Gasteiger partial charge >= 0.3 is 18.1 Å². The van der Waals surface area contributed by atoms with Gasteiger partial charge in [-0.05, 0) is 48.4 Å². The summed E-state index contributed by atoms with van der Waals surface area (Å²) in [5.41, 5.74) is 0.430. The molecule has 2 N–H and O–H groups in total. The maximum Gasteiger partial charge on any atom is 0.422 e. The van der Waals surface area contributed by atoms with Crippen molar-refractivity contribution in [3.8, 4) is 0 Å². The molecule has 3 saturated carbocycles. The SMILES string of the molecule is CN(C(=O)C12CC3OC(=O)C1N(Cc1ccc(C=CC(=O)OCC(F)(F)F)cc1)OC2C1OC(C2CC2)(C2CC2)OC31)C(Cc1ccccc1)C(=O)NCCO. The lowest BCUT2D eigenvalue weighted by atomic mass is 9.62. The van der Waals surface area contributed by atoms with Gasteiger partial charge in [-0.15, -0.1) is 0 Å². The molecule has 8 rings (SSSR count). The molecule has 2 amide bonds. The summed E-state index contributed by atoms with van der Waals surface area (Å²) in [4.78, 5) is 63.2. The van der Waals surface area contributed by atoms with Crippen molar-refractivity contribution in [2.24, 2.45) is 17.3 Å². The highest BCUT2D eigenvalue weighted by molar-refractivity contribution is 5.96. The number of rotatable bonds is 14. The number of aliphatic hydroxyl groups excluding tert-OH is 1. The number of nitrogens with zero attached hydrogens (tertiary/aromatic N) is 2. The summed E-state index contributed by atoms with van der Waals surface area (Å²) in [6.07, 6.45) is -1.61. The van der Waals surface area contributed by atoms with Crippen LogP contribution in [0, 0.1) is 17.3 Å². The molecule has 0 radical (unpaired) electrons. The van der Waals surface area contributed by atoms with Crippen molar-refractivity contribution in [3.05, 3.63) is 77.4 Å². The number of alkyl halides is 3. The van der Waals surface area contributed by atoms with Crippen LogP contribution >= 0.6 is 0 Å². The molecular formula is C40H44F3N3O10. The summed E-state index contributed by atoms with van der Waals surface area (Å²) >= 11 is 0. The molecule has 2 aromatic carbocycles. The summed E-state index contributed by atoms with van der Waals surface area (Å²) < 4.78 is 61.4. The van der Waals surface area contributed by atoms with Crippen LogP contribution in [0.15, 0.2) is 60.7 Å². The molecule has 3 saturated heterocycles. The predicted octanol–water partition coefficient (Wildman–Crippen LogP) is 3.08. The summed E-state index contributed by atoms with van der Waals surface area (Å²) in [6.45, 7) is -1.97. The number of carbonyl (C=O) groups is 4. The number of aliphatic hydroxyl groups is 1. The van der Waals surface area contributed by atoms with Gasteiger partial charge in [0.1, 0.15) is 35.9 Å². The van der Waals surface area contributed by atoms with Crippen LogP contribution in [-0.4, -0.2) is 114 Å². The highest BCUT2D eigenvalue weighted by Gasteiger charge is 2.78. The fourth-order valence-electron chi connectivity index (χ4n) is 8.94. The van der Waals surface area contributed by atoms with Gasteiger partial charge in [-0.2, -0.15) is 18.2 Å². The third-order valence-electron chi connectivity index (χ3n) is 11.8. The Morgan fingerprint density at radius 3 is 2.34 bits per heavy atom. The molecule has 2 aromatic rings. The van der Waals surface area contributed by atoms with E-state index in [4.69, 9.17) is 19.0 Å². The van der Waals surface area contributed by atoms with Gasteiger partial charge in [0.25, 0.3) is 0 Å². The molecule has 13 nitrogen and oxygen atoms in total. The van der Waals surface area contributed by atoms with Gasteiger partial charge in [-0.1, -0.05) is 54.6 Å². The molecule has 0 spiro atoms. The van der Waals surface area contributed by atoms with E-state index in [-0.39, 0.29) is 44.4 Å². The first-order chi connectivity index (χ1) is 26.8. The first kappa shape index (κ1) is 38.5. The quantitative estimate of drug-likeness (QED) is 0.215. The Hall–Kier alpha value is -4.35. The number of hydroxylamine groups is 2. The molecule has 3 heterocycles. The predicted molar refractivity (Wildman–Crippen MR) is 188 cm³/mol. The van der Waals surface area contributed by atoms with Gasteiger partial charge in [-0.3, -0.25) is 19.2 Å². The second kappa shape index (κ2) is 14.9. The Bertz CT molecular complexity index is 1840. The van der Waals surface area contributed by atoms with E-state index in [0.717, 1.165) is 37.3 Å². The zero-order valence-electron chi connectivity index (χ0n) is 30.7. The summed E-state index contributed by atoms with van der Waals surface area (Å²) in [5, 5.41) is 13.7. The minimum Gasteiger partial charge on any atom is -0.458 e. The molecule has 6 fully saturated rings. The lowest BCUT2D eigenvalue weighted by molar-refractivity contribution is -0.235. The summed E-state index contributed by atoms with van der Waals surface area (Å²) in [7, 11) is 1.55. The number of hydrogen-bond acceptors (Lipinski definition) is 11. The Kier molecular flexibility index (Phi) is 10.2. The average Bonchev–Trinajstić information content (AvgIpc) is 4.13. The van der Waals surface area contributed by atoms with Crippen LogP contribution in [0.25, 0.3) is 6.08 Å². The number of nitrogens with one attached hydrogen (secondary N) is 1. The summed E-state index contributed by atoms with van der Waals surface area (Å²) in [6, 6.07) is 13.7.